The molecule has 0 bridgehead atoms. The van der Waals surface area contributed by atoms with E-state index in [1.165, 1.54) is 28.1 Å². The first-order valence-electron chi connectivity index (χ1n) is 12.6. The summed E-state index contributed by atoms with van der Waals surface area (Å²) in [7, 11) is 0. The zero-order valence-corrected chi connectivity index (χ0v) is 24.1. The van der Waals surface area contributed by atoms with Gasteiger partial charge in [-0.05, 0) is 92.8 Å². The largest absolute Gasteiger partial charge is 0.488 e. The van der Waals surface area contributed by atoms with Gasteiger partial charge in [0.1, 0.15) is 12.4 Å². The molecule has 1 heterocycles. The van der Waals surface area contributed by atoms with Gasteiger partial charge in [0.2, 0.25) is 0 Å². The molecule has 4 nitrogen and oxygen atoms in total. The fourth-order valence-electron chi connectivity index (χ4n) is 4.30. The third-order valence-corrected chi connectivity index (χ3v) is 7.84. The van der Waals surface area contributed by atoms with E-state index >= 15 is 0 Å². The Labute approximate surface area is 236 Å². The normalized spacial score (nSPS) is 15.8. The van der Waals surface area contributed by atoms with Crippen LogP contribution in [0.5, 0.6) is 5.75 Å². The molecule has 6 heteroatoms. The standard InChI is InChI=1S/C32H29BrN2O2S/c1-21(2)19-35-31(36)30(38-32(35)34-26-14-11-22(3)12-15-26)18-23-13-16-29(28(33)17-23)37-20-25-9-6-8-24-7-4-5-10-27(24)25/h4-18,21H,19-20H2,1-3H3/b30-18+,34-32?. The van der Waals surface area contributed by atoms with Crippen molar-refractivity contribution in [2.24, 2.45) is 10.9 Å². The number of carbonyl (C=O) groups is 1. The van der Waals surface area contributed by atoms with Crippen LogP contribution in [0.1, 0.15) is 30.5 Å². The highest BCUT2D eigenvalue weighted by atomic mass is 79.9. The number of thioether (sulfide) groups is 1. The molecule has 0 aliphatic carbocycles. The molecule has 0 radical (unpaired) electrons. The summed E-state index contributed by atoms with van der Waals surface area (Å²) in [4.78, 5) is 20.6. The molecule has 1 amide bonds. The zero-order valence-electron chi connectivity index (χ0n) is 21.6. The van der Waals surface area contributed by atoms with E-state index < -0.39 is 0 Å². The Morgan fingerprint density at radius 1 is 1.00 bits per heavy atom. The fourth-order valence-corrected chi connectivity index (χ4v) is 5.82. The molecule has 5 rings (SSSR count). The monoisotopic (exact) mass is 584 g/mol. The number of fused-ring (bicyclic) bond motifs is 1. The summed E-state index contributed by atoms with van der Waals surface area (Å²) >= 11 is 5.08. The number of ether oxygens (including phenoxy) is 1. The summed E-state index contributed by atoms with van der Waals surface area (Å²) in [5, 5.41) is 3.11. The molecule has 1 aliphatic rings. The molecule has 0 aromatic heterocycles. The van der Waals surface area contributed by atoms with Gasteiger partial charge in [-0.15, -0.1) is 0 Å². The maximum Gasteiger partial charge on any atom is 0.266 e. The molecule has 1 saturated heterocycles. The van der Waals surface area contributed by atoms with Gasteiger partial charge in [-0.2, -0.15) is 0 Å². The maximum absolute atomic E-state index is 13.3. The van der Waals surface area contributed by atoms with Gasteiger partial charge in [0, 0.05) is 6.54 Å². The van der Waals surface area contributed by atoms with Gasteiger partial charge in [0.25, 0.3) is 5.91 Å². The van der Waals surface area contributed by atoms with Gasteiger partial charge in [-0.1, -0.05) is 80.1 Å². The minimum Gasteiger partial charge on any atom is -0.488 e. The van der Waals surface area contributed by atoms with Crippen LogP contribution in [0.15, 0.2) is 99.3 Å². The highest BCUT2D eigenvalue weighted by Crippen LogP contribution is 2.36. The third-order valence-electron chi connectivity index (χ3n) is 6.21. The lowest BCUT2D eigenvalue weighted by Gasteiger charge is -2.17. The Balaban J connectivity index is 1.35. The van der Waals surface area contributed by atoms with Gasteiger partial charge in [0.15, 0.2) is 5.17 Å². The minimum absolute atomic E-state index is 0.0121. The second-order valence-electron chi connectivity index (χ2n) is 9.77. The molecule has 1 fully saturated rings. The topological polar surface area (TPSA) is 41.9 Å². The van der Waals surface area contributed by atoms with Crippen LogP contribution in [-0.4, -0.2) is 22.5 Å². The Bertz CT molecular complexity index is 1540. The second-order valence-corrected chi connectivity index (χ2v) is 11.6. The summed E-state index contributed by atoms with van der Waals surface area (Å²) in [5.41, 5.74) is 4.08. The van der Waals surface area contributed by atoms with Crippen LogP contribution in [-0.2, 0) is 11.4 Å². The molecule has 0 N–H and O–H groups in total. The smallest absolute Gasteiger partial charge is 0.266 e. The van der Waals surface area contributed by atoms with Crippen LogP contribution < -0.4 is 4.74 Å². The van der Waals surface area contributed by atoms with Gasteiger partial charge in [-0.3, -0.25) is 9.69 Å². The lowest BCUT2D eigenvalue weighted by molar-refractivity contribution is -0.122. The highest BCUT2D eigenvalue weighted by molar-refractivity contribution is 9.10. The van der Waals surface area contributed by atoms with Crippen LogP contribution >= 0.6 is 27.7 Å². The highest BCUT2D eigenvalue weighted by Gasteiger charge is 2.33. The Hall–Kier alpha value is -3.35. The summed E-state index contributed by atoms with van der Waals surface area (Å²) in [6.07, 6.45) is 1.93. The molecule has 4 aromatic rings. The van der Waals surface area contributed by atoms with Gasteiger partial charge in [-0.25, -0.2) is 4.99 Å². The van der Waals surface area contributed by atoms with Crippen molar-refractivity contribution in [1.82, 2.24) is 4.90 Å². The van der Waals surface area contributed by atoms with E-state index in [9.17, 15) is 4.79 Å². The number of hydrogen-bond acceptors (Lipinski definition) is 4. The lowest BCUT2D eigenvalue weighted by atomic mass is 10.1. The van der Waals surface area contributed by atoms with E-state index in [-0.39, 0.29) is 5.91 Å². The van der Waals surface area contributed by atoms with Crippen molar-refractivity contribution in [2.45, 2.75) is 27.4 Å². The first-order valence-corrected chi connectivity index (χ1v) is 14.2. The first-order chi connectivity index (χ1) is 18.4. The number of aliphatic imine (C=N–C) groups is 1. The molecular weight excluding hydrogens is 556 g/mol. The number of hydrogen-bond donors (Lipinski definition) is 0. The average molecular weight is 586 g/mol. The van der Waals surface area contributed by atoms with E-state index in [4.69, 9.17) is 9.73 Å². The molecular formula is C32H29BrN2O2S. The molecule has 0 unspecified atom stereocenters. The van der Waals surface area contributed by atoms with Crippen molar-refractivity contribution in [3.05, 3.63) is 111 Å². The van der Waals surface area contributed by atoms with Crippen molar-refractivity contribution in [3.8, 4) is 5.75 Å². The Morgan fingerprint density at radius 3 is 2.53 bits per heavy atom. The van der Waals surface area contributed by atoms with Crippen molar-refractivity contribution in [3.63, 3.8) is 0 Å². The zero-order chi connectivity index (χ0) is 26.6. The van der Waals surface area contributed by atoms with Crippen LogP contribution in [0.2, 0.25) is 0 Å². The summed E-state index contributed by atoms with van der Waals surface area (Å²) in [6, 6.07) is 28.5. The van der Waals surface area contributed by atoms with Crippen LogP contribution in [0, 0.1) is 12.8 Å². The summed E-state index contributed by atoms with van der Waals surface area (Å²) in [5.74, 6) is 1.07. The fraction of sp³-hybridized carbons (Fsp3) is 0.188. The van der Waals surface area contributed by atoms with E-state index in [1.54, 1.807) is 4.90 Å². The summed E-state index contributed by atoms with van der Waals surface area (Å²) < 4.78 is 7.01. The lowest BCUT2D eigenvalue weighted by Crippen LogP contribution is -2.32. The van der Waals surface area contributed by atoms with Gasteiger partial charge < -0.3 is 4.74 Å². The number of amidine groups is 1. The Kier molecular flexibility index (Phi) is 8.01. The van der Waals surface area contributed by atoms with E-state index in [2.05, 4.69) is 67.0 Å². The van der Waals surface area contributed by atoms with Crippen molar-refractivity contribution < 1.29 is 9.53 Å². The Morgan fingerprint density at radius 2 is 1.76 bits per heavy atom. The number of amides is 1. The molecule has 1 aliphatic heterocycles. The van der Waals surface area contributed by atoms with Crippen molar-refractivity contribution in [2.75, 3.05) is 6.54 Å². The van der Waals surface area contributed by atoms with E-state index in [0.717, 1.165) is 27.0 Å². The molecule has 0 saturated carbocycles. The van der Waals surface area contributed by atoms with Crippen LogP contribution in [0.25, 0.3) is 16.8 Å². The van der Waals surface area contributed by atoms with Crippen LogP contribution in [0.3, 0.4) is 0 Å². The maximum atomic E-state index is 13.3. The van der Waals surface area contributed by atoms with E-state index in [1.807, 2.05) is 60.7 Å². The molecule has 192 valence electrons. The van der Waals surface area contributed by atoms with Crippen molar-refractivity contribution >= 4 is 61.3 Å². The minimum atomic E-state index is -0.0121. The number of halogens is 1. The SMILES string of the molecule is Cc1ccc(N=C2S/C(=C/c3ccc(OCc4cccc5ccccc45)c(Br)c3)C(=O)N2CC(C)C)cc1. The molecule has 0 spiro atoms. The van der Waals surface area contributed by atoms with Gasteiger partial charge >= 0.3 is 0 Å². The average Bonchev–Trinajstić information content (AvgIpc) is 3.18. The number of nitrogens with zero attached hydrogens (tertiary/aromatic N) is 2. The molecule has 4 aromatic carbocycles. The number of carbonyl (C=O) groups excluding carboxylic acids is 1. The van der Waals surface area contributed by atoms with Crippen LogP contribution in [0.4, 0.5) is 5.69 Å². The van der Waals surface area contributed by atoms with E-state index in [0.29, 0.717) is 29.1 Å². The van der Waals surface area contributed by atoms with Crippen molar-refractivity contribution in [1.29, 1.82) is 0 Å². The predicted octanol–water partition coefficient (Wildman–Crippen LogP) is 8.75. The van der Waals surface area contributed by atoms with Gasteiger partial charge in [0.05, 0.1) is 15.1 Å². The quantitative estimate of drug-likeness (QED) is 0.204. The number of benzene rings is 4. The third kappa shape index (κ3) is 6.03. The number of rotatable bonds is 7. The predicted molar refractivity (Wildman–Crippen MR) is 163 cm³/mol. The summed E-state index contributed by atoms with van der Waals surface area (Å²) in [6.45, 7) is 7.36. The first kappa shape index (κ1) is 26.3. The second kappa shape index (κ2) is 11.6. The molecule has 38 heavy (non-hydrogen) atoms. The molecule has 0 atom stereocenters. The number of aryl methyl sites for hydroxylation is 1.